The first kappa shape index (κ1) is 20.8. The molecule has 0 bridgehead atoms. The lowest BCUT2D eigenvalue weighted by molar-refractivity contribution is -0.113. The Kier molecular flexibility index (Phi) is 5.13. The number of aromatic nitrogens is 2. The Labute approximate surface area is 192 Å². The van der Waals surface area contributed by atoms with Crippen molar-refractivity contribution in [2.45, 2.75) is 26.8 Å². The van der Waals surface area contributed by atoms with Crippen LogP contribution in [0.2, 0.25) is 0 Å². The highest BCUT2D eigenvalue weighted by Gasteiger charge is 2.35. The number of rotatable bonds is 4. The maximum atomic E-state index is 13.8. The Hall–Kier alpha value is -4.06. The van der Waals surface area contributed by atoms with Crippen molar-refractivity contribution < 1.29 is 9.53 Å². The van der Waals surface area contributed by atoms with Crippen LogP contribution in [0.1, 0.15) is 29.7 Å². The summed E-state index contributed by atoms with van der Waals surface area (Å²) in [6.45, 7) is 5.96. The van der Waals surface area contributed by atoms with Crippen molar-refractivity contribution in [2.24, 2.45) is 0 Å². The van der Waals surface area contributed by atoms with E-state index in [-0.39, 0.29) is 5.91 Å². The fourth-order valence-corrected chi connectivity index (χ4v) is 4.59. The van der Waals surface area contributed by atoms with Crippen molar-refractivity contribution >= 4 is 28.6 Å². The Balaban J connectivity index is 1.69. The zero-order valence-corrected chi connectivity index (χ0v) is 19.1. The van der Waals surface area contributed by atoms with Crippen molar-refractivity contribution in [1.29, 1.82) is 0 Å². The van der Waals surface area contributed by atoms with Gasteiger partial charge in [0.25, 0.3) is 5.91 Å². The summed E-state index contributed by atoms with van der Waals surface area (Å²) >= 11 is 0. The highest BCUT2D eigenvalue weighted by atomic mass is 16.5. The first-order chi connectivity index (χ1) is 16.0. The van der Waals surface area contributed by atoms with Crippen LogP contribution >= 0.6 is 0 Å². The van der Waals surface area contributed by atoms with E-state index in [0.717, 1.165) is 44.9 Å². The molecule has 33 heavy (non-hydrogen) atoms. The van der Waals surface area contributed by atoms with E-state index in [1.165, 1.54) is 0 Å². The number of nitrogens with zero attached hydrogens (tertiary/aromatic N) is 2. The summed E-state index contributed by atoms with van der Waals surface area (Å²) in [5.74, 6) is 1.26. The fraction of sp³-hybridized carbons (Fsp3) is 0.185. The second-order valence-electron chi connectivity index (χ2n) is 8.37. The number of allylic oxidation sites excluding steroid dienone is 1. The van der Waals surface area contributed by atoms with Gasteiger partial charge in [-0.2, -0.15) is 0 Å². The minimum atomic E-state index is -0.407. The molecule has 1 atom stereocenters. The molecule has 1 aliphatic heterocycles. The number of amides is 1. The molecule has 0 unspecified atom stereocenters. The predicted molar refractivity (Wildman–Crippen MR) is 132 cm³/mol. The van der Waals surface area contributed by atoms with Gasteiger partial charge in [0.15, 0.2) is 0 Å². The maximum Gasteiger partial charge on any atom is 0.255 e. The van der Waals surface area contributed by atoms with Gasteiger partial charge < -0.3 is 15.4 Å². The zero-order valence-electron chi connectivity index (χ0n) is 19.1. The molecule has 1 amide bonds. The van der Waals surface area contributed by atoms with Gasteiger partial charge in [0.1, 0.15) is 5.75 Å². The van der Waals surface area contributed by atoms with Crippen LogP contribution in [0, 0.1) is 13.8 Å². The van der Waals surface area contributed by atoms with Crippen molar-refractivity contribution in [2.75, 3.05) is 17.7 Å². The number of nitrogens with one attached hydrogen (secondary N) is 2. The number of anilines is 2. The van der Waals surface area contributed by atoms with Gasteiger partial charge in [-0.05, 0) is 50.6 Å². The molecule has 0 fully saturated rings. The summed E-state index contributed by atoms with van der Waals surface area (Å²) < 4.78 is 7.79. The van der Waals surface area contributed by atoms with E-state index < -0.39 is 6.04 Å². The Bertz CT molecular complexity index is 1420. The number of fused-ring (bicyclic) bond motifs is 3. The molecule has 5 rings (SSSR count). The van der Waals surface area contributed by atoms with Crippen LogP contribution in [0.4, 0.5) is 11.6 Å². The Morgan fingerprint density at radius 3 is 2.58 bits per heavy atom. The van der Waals surface area contributed by atoms with E-state index in [0.29, 0.717) is 11.5 Å². The Morgan fingerprint density at radius 2 is 1.79 bits per heavy atom. The molecule has 166 valence electrons. The summed E-state index contributed by atoms with van der Waals surface area (Å²) in [6.07, 6.45) is 0. The maximum absolute atomic E-state index is 13.8. The average Bonchev–Trinajstić information content (AvgIpc) is 3.17. The fourth-order valence-electron chi connectivity index (χ4n) is 4.59. The molecule has 2 heterocycles. The molecule has 1 aliphatic rings. The second kappa shape index (κ2) is 8.13. The molecule has 3 aromatic carbocycles. The number of carbonyl (C=O) groups is 1. The van der Waals surface area contributed by atoms with E-state index >= 15 is 0 Å². The van der Waals surface area contributed by atoms with E-state index in [2.05, 4.69) is 21.3 Å². The van der Waals surface area contributed by atoms with Gasteiger partial charge in [-0.3, -0.25) is 9.36 Å². The lowest BCUT2D eigenvalue weighted by atomic mass is 9.93. The molecular weight excluding hydrogens is 412 g/mol. The molecule has 6 heteroatoms. The van der Waals surface area contributed by atoms with Crippen LogP contribution in [0.25, 0.3) is 11.0 Å². The largest absolute Gasteiger partial charge is 0.496 e. The van der Waals surface area contributed by atoms with Crippen LogP contribution in [-0.2, 0) is 4.79 Å². The minimum Gasteiger partial charge on any atom is -0.496 e. The monoisotopic (exact) mass is 438 g/mol. The van der Waals surface area contributed by atoms with Gasteiger partial charge in [-0.15, -0.1) is 0 Å². The van der Waals surface area contributed by atoms with E-state index in [9.17, 15) is 4.79 Å². The molecule has 0 aliphatic carbocycles. The number of benzene rings is 3. The van der Waals surface area contributed by atoms with Crippen LogP contribution in [-0.4, -0.2) is 22.6 Å². The minimum absolute atomic E-state index is 0.161. The van der Waals surface area contributed by atoms with Gasteiger partial charge in [0, 0.05) is 16.9 Å². The van der Waals surface area contributed by atoms with Gasteiger partial charge >= 0.3 is 0 Å². The van der Waals surface area contributed by atoms with E-state index in [4.69, 9.17) is 9.72 Å². The van der Waals surface area contributed by atoms with E-state index in [1.54, 1.807) is 7.11 Å². The lowest BCUT2D eigenvalue weighted by Crippen LogP contribution is -2.31. The smallest absolute Gasteiger partial charge is 0.255 e. The number of hydrogen-bond acceptors (Lipinski definition) is 4. The third-order valence-corrected chi connectivity index (χ3v) is 6.14. The number of hydrogen-bond donors (Lipinski definition) is 2. The molecule has 4 aromatic rings. The quantitative estimate of drug-likeness (QED) is 0.436. The van der Waals surface area contributed by atoms with Crippen LogP contribution in [0.15, 0.2) is 78.0 Å². The van der Waals surface area contributed by atoms with Gasteiger partial charge in [0.2, 0.25) is 5.95 Å². The first-order valence-electron chi connectivity index (χ1n) is 10.9. The number of imidazole rings is 1. The molecule has 2 N–H and O–H groups in total. The van der Waals surface area contributed by atoms with Crippen molar-refractivity contribution in [3.63, 3.8) is 0 Å². The number of carbonyl (C=O) groups excluding carboxylic acids is 1. The highest BCUT2D eigenvalue weighted by Crippen LogP contribution is 2.42. The molecule has 0 radical (unpaired) electrons. The molecule has 1 aromatic heterocycles. The zero-order chi connectivity index (χ0) is 23.1. The Morgan fingerprint density at radius 1 is 1.03 bits per heavy atom. The molecular formula is C27H26N4O2. The van der Waals surface area contributed by atoms with Gasteiger partial charge in [0.05, 0.1) is 29.8 Å². The third kappa shape index (κ3) is 3.53. The summed E-state index contributed by atoms with van der Waals surface area (Å²) in [4.78, 5) is 18.6. The van der Waals surface area contributed by atoms with Crippen LogP contribution in [0.5, 0.6) is 5.75 Å². The summed E-state index contributed by atoms with van der Waals surface area (Å²) in [7, 11) is 1.65. The number of ether oxygens (including phenoxy) is 1. The third-order valence-electron chi connectivity index (χ3n) is 6.14. The van der Waals surface area contributed by atoms with E-state index in [1.807, 2.05) is 81.4 Å². The standard InChI is InChI=1S/C27H26N4O2/c1-16-13-14-20(17(2)15-16)29-26(32)24-18(3)28-27-30-21-10-6-7-11-22(21)31(27)25(24)19-9-5-8-12-23(19)33-4/h5-15,25H,1-4H3,(H,28,30)(H,29,32)/t25-/m0/s1. The molecule has 0 saturated heterocycles. The topological polar surface area (TPSA) is 68.2 Å². The predicted octanol–water partition coefficient (Wildman–Crippen LogP) is 5.59. The van der Waals surface area contributed by atoms with Crippen molar-refractivity contribution in [3.8, 4) is 5.75 Å². The highest BCUT2D eigenvalue weighted by molar-refractivity contribution is 6.07. The SMILES string of the molecule is COc1ccccc1[C@H]1C(C(=O)Nc2ccc(C)cc2C)=C(C)Nc2nc3ccccc3n21. The lowest BCUT2D eigenvalue weighted by Gasteiger charge is -2.31. The van der Waals surface area contributed by atoms with Crippen LogP contribution < -0.4 is 15.4 Å². The summed E-state index contributed by atoms with van der Waals surface area (Å²) in [5, 5.41) is 6.49. The van der Waals surface area contributed by atoms with Crippen molar-refractivity contribution in [3.05, 3.63) is 94.7 Å². The number of methoxy groups -OCH3 is 1. The normalized spacial score (nSPS) is 15.2. The van der Waals surface area contributed by atoms with Gasteiger partial charge in [-0.25, -0.2) is 4.98 Å². The molecule has 6 nitrogen and oxygen atoms in total. The summed E-state index contributed by atoms with van der Waals surface area (Å²) in [5.41, 5.74) is 7.06. The molecule has 0 saturated carbocycles. The van der Waals surface area contributed by atoms with Crippen molar-refractivity contribution in [1.82, 2.24) is 9.55 Å². The molecule has 0 spiro atoms. The average molecular weight is 439 g/mol. The summed E-state index contributed by atoms with van der Waals surface area (Å²) in [6, 6.07) is 21.4. The van der Waals surface area contributed by atoms with Gasteiger partial charge in [-0.1, -0.05) is 48.0 Å². The van der Waals surface area contributed by atoms with Crippen LogP contribution in [0.3, 0.4) is 0 Å². The first-order valence-corrected chi connectivity index (χ1v) is 10.9. The second-order valence-corrected chi connectivity index (χ2v) is 8.37. The number of aryl methyl sites for hydroxylation is 2. The number of para-hydroxylation sites is 3.